The highest BCUT2D eigenvalue weighted by molar-refractivity contribution is 6.06. The molecular weight excluding hydrogens is 326 g/mol. The Morgan fingerprint density at radius 2 is 1.64 bits per heavy atom. The molecule has 8 nitrogen and oxygen atoms in total. The fourth-order valence-corrected chi connectivity index (χ4v) is 2.35. The molecule has 3 N–H and O–H groups in total. The molecule has 1 amide bonds. The zero-order valence-electron chi connectivity index (χ0n) is 13.5. The third kappa shape index (κ3) is 3.23. The number of benzene rings is 2. The van der Waals surface area contributed by atoms with Gasteiger partial charge in [-0.25, -0.2) is 0 Å². The van der Waals surface area contributed by atoms with Crippen molar-refractivity contribution in [1.82, 2.24) is 9.97 Å². The number of aromatic amines is 2. The van der Waals surface area contributed by atoms with Crippen LogP contribution in [-0.4, -0.2) is 30.1 Å². The molecule has 0 fully saturated rings. The van der Waals surface area contributed by atoms with Gasteiger partial charge in [-0.15, -0.1) is 0 Å². The number of hydrogen-bond donors (Lipinski definition) is 3. The Morgan fingerprint density at radius 1 is 0.920 bits per heavy atom. The van der Waals surface area contributed by atoms with Gasteiger partial charge in [-0.2, -0.15) is 0 Å². The van der Waals surface area contributed by atoms with Crippen LogP contribution in [0.15, 0.2) is 46.0 Å². The lowest BCUT2D eigenvalue weighted by molar-refractivity contribution is 0.102. The molecule has 0 bridgehead atoms. The van der Waals surface area contributed by atoms with Crippen molar-refractivity contribution in [3.05, 3.63) is 62.7 Å². The summed E-state index contributed by atoms with van der Waals surface area (Å²) in [4.78, 5) is 40.1. The molecule has 128 valence electrons. The zero-order valence-corrected chi connectivity index (χ0v) is 13.5. The molecule has 0 atom stereocenters. The molecule has 0 aliphatic rings. The molecule has 1 aromatic heterocycles. The highest BCUT2D eigenvalue weighted by Gasteiger charge is 2.12. The molecule has 0 saturated carbocycles. The van der Waals surface area contributed by atoms with E-state index in [1.165, 1.54) is 20.3 Å². The number of H-pyrrole nitrogens is 2. The second-order valence-electron chi connectivity index (χ2n) is 5.19. The predicted molar refractivity (Wildman–Crippen MR) is 92.7 cm³/mol. The number of ether oxygens (including phenoxy) is 2. The highest BCUT2D eigenvalue weighted by Crippen LogP contribution is 2.29. The summed E-state index contributed by atoms with van der Waals surface area (Å²) < 4.78 is 10.4. The van der Waals surface area contributed by atoms with Crippen molar-refractivity contribution < 1.29 is 14.3 Å². The maximum atomic E-state index is 12.5. The second-order valence-corrected chi connectivity index (χ2v) is 5.19. The maximum absolute atomic E-state index is 12.5. The van der Waals surface area contributed by atoms with Gasteiger partial charge >= 0.3 is 11.1 Å². The number of amides is 1. The molecular formula is C17H15N3O5. The van der Waals surface area contributed by atoms with Crippen molar-refractivity contribution in [3.8, 4) is 11.5 Å². The van der Waals surface area contributed by atoms with E-state index in [1.54, 1.807) is 30.3 Å². The van der Waals surface area contributed by atoms with Crippen LogP contribution in [0.1, 0.15) is 10.4 Å². The maximum Gasteiger partial charge on any atom is 0.314 e. The number of fused-ring (bicyclic) bond motifs is 1. The Labute approximate surface area is 141 Å². The molecule has 1 heterocycles. The molecule has 0 radical (unpaired) electrons. The van der Waals surface area contributed by atoms with E-state index in [0.29, 0.717) is 33.8 Å². The Hall–Kier alpha value is -3.55. The molecule has 0 aliphatic heterocycles. The van der Waals surface area contributed by atoms with Crippen molar-refractivity contribution in [2.45, 2.75) is 0 Å². The van der Waals surface area contributed by atoms with Crippen molar-refractivity contribution in [3.63, 3.8) is 0 Å². The Bertz CT molecular complexity index is 1070. The summed E-state index contributed by atoms with van der Waals surface area (Å²) in [5.41, 5.74) is 0.0631. The van der Waals surface area contributed by atoms with Gasteiger partial charge in [-0.05, 0) is 30.3 Å². The van der Waals surface area contributed by atoms with E-state index in [1.807, 2.05) is 0 Å². The SMILES string of the molecule is COc1ccc(NC(=O)c2ccc3[nH]c(=O)c(=O)[nH]c3c2)c(OC)c1. The summed E-state index contributed by atoms with van der Waals surface area (Å²) in [6.45, 7) is 0. The Balaban J connectivity index is 1.93. The van der Waals surface area contributed by atoms with Crippen LogP contribution < -0.4 is 25.9 Å². The van der Waals surface area contributed by atoms with Crippen LogP contribution in [-0.2, 0) is 0 Å². The largest absolute Gasteiger partial charge is 0.497 e. The normalized spacial score (nSPS) is 10.5. The van der Waals surface area contributed by atoms with Gasteiger partial charge in [0.05, 0.1) is 30.9 Å². The van der Waals surface area contributed by atoms with Crippen LogP contribution in [0.4, 0.5) is 5.69 Å². The van der Waals surface area contributed by atoms with Crippen LogP contribution in [0.2, 0.25) is 0 Å². The lowest BCUT2D eigenvalue weighted by Gasteiger charge is -2.12. The van der Waals surface area contributed by atoms with E-state index < -0.39 is 17.0 Å². The number of hydrogen-bond acceptors (Lipinski definition) is 5. The first-order chi connectivity index (χ1) is 12.0. The predicted octanol–water partition coefficient (Wildman–Crippen LogP) is 1.49. The third-order valence-corrected chi connectivity index (χ3v) is 3.64. The highest BCUT2D eigenvalue weighted by atomic mass is 16.5. The molecule has 3 aromatic rings. The smallest absolute Gasteiger partial charge is 0.314 e. The fourth-order valence-electron chi connectivity index (χ4n) is 2.35. The van der Waals surface area contributed by atoms with E-state index in [4.69, 9.17) is 9.47 Å². The van der Waals surface area contributed by atoms with Gasteiger partial charge in [0.25, 0.3) is 5.91 Å². The topological polar surface area (TPSA) is 113 Å². The first kappa shape index (κ1) is 16.3. The van der Waals surface area contributed by atoms with Crippen molar-refractivity contribution in [1.29, 1.82) is 0 Å². The molecule has 8 heteroatoms. The molecule has 0 saturated heterocycles. The fraction of sp³-hybridized carbons (Fsp3) is 0.118. The molecule has 0 unspecified atom stereocenters. The summed E-state index contributed by atoms with van der Waals surface area (Å²) in [5, 5.41) is 2.74. The summed E-state index contributed by atoms with van der Waals surface area (Å²) >= 11 is 0. The molecule has 3 rings (SSSR count). The van der Waals surface area contributed by atoms with Gasteiger partial charge in [-0.1, -0.05) is 0 Å². The summed E-state index contributed by atoms with van der Waals surface area (Å²) in [7, 11) is 3.02. The number of aromatic nitrogens is 2. The molecule has 0 spiro atoms. The number of methoxy groups -OCH3 is 2. The minimum atomic E-state index is -0.776. The average Bonchev–Trinajstić information content (AvgIpc) is 2.62. The number of anilines is 1. The molecule has 0 aliphatic carbocycles. The van der Waals surface area contributed by atoms with Gasteiger partial charge in [0.1, 0.15) is 11.5 Å². The molecule has 2 aromatic carbocycles. The lowest BCUT2D eigenvalue weighted by atomic mass is 10.1. The molecule has 25 heavy (non-hydrogen) atoms. The van der Waals surface area contributed by atoms with Crippen LogP contribution in [0.5, 0.6) is 11.5 Å². The van der Waals surface area contributed by atoms with E-state index in [9.17, 15) is 14.4 Å². The van der Waals surface area contributed by atoms with Gasteiger partial charge in [0.2, 0.25) is 0 Å². The van der Waals surface area contributed by atoms with Gasteiger partial charge < -0.3 is 24.8 Å². The van der Waals surface area contributed by atoms with Crippen LogP contribution in [0.3, 0.4) is 0 Å². The van der Waals surface area contributed by atoms with Gasteiger partial charge in [-0.3, -0.25) is 14.4 Å². The van der Waals surface area contributed by atoms with Crippen LogP contribution >= 0.6 is 0 Å². The number of nitrogens with one attached hydrogen (secondary N) is 3. The van der Waals surface area contributed by atoms with Crippen LogP contribution in [0.25, 0.3) is 11.0 Å². The monoisotopic (exact) mass is 341 g/mol. The minimum Gasteiger partial charge on any atom is -0.497 e. The first-order valence-electron chi connectivity index (χ1n) is 7.31. The summed E-state index contributed by atoms with van der Waals surface area (Å²) in [5.74, 6) is 0.658. The van der Waals surface area contributed by atoms with E-state index in [2.05, 4.69) is 15.3 Å². The standard InChI is InChI=1S/C17H15N3O5/c1-24-10-4-6-12(14(8-10)25-2)19-15(21)9-3-5-11-13(7-9)20-17(23)16(22)18-11/h3-8H,1-2H3,(H,18,22)(H,19,21)(H,20,23). The second kappa shape index (κ2) is 6.52. The number of carbonyl (C=O) groups is 1. The van der Waals surface area contributed by atoms with Gasteiger partial charge in [0.15, 0.2) is 0 Å². The number of carbonyl (C=O) groups excluding carboxylic acids is 1. The van der Waals surface area contributed by atoms with Crippen molar-refractivity contribution in [2.75, 3.05) is 19.5 Å². The van der Waals surface area contributed by atoms with E-state index in [0.717, 1.165) is 0 Å². The van der Waals surface area contributed by atoms with Crippen molar-refractivity contribution in [2.24, 2.45) is 0 Å². The van der Waals surface area contributed by atoms with Gasteiger partial charge in [0, 0.05) is 11.6 Å². The van der Waals surface area contributed by atoms with Crippen molar-refractivity contribution >= 4 is 22.6 Å². The Morgan fingerprint density at radius 3 is 2.32 bits per heavy atom. The summed E-state index contributed by atoms with van der Waals surface area (Å²) in [6, 6.07) is 9.59. The average molecular weight is 341 g/mol. The zero-order chi connectivity index (χ0) is 18.0. The van der Waals surface area contributed by atoms with Crippen LogP contribution in [0, 0.1) is 0 Å². The number of rotatable bonds is 4. The minimum absolute atomic E-state index is 0.313. The third-order valence-electron chi connectivity index (χ3n) is 3.64. The quantitative estimate of drug-likeness (QED) is 0.622. The summed E-state index contributed by atoms with van der Waals surface area (Å²) in [6.07, 6.45) is 0. The lowest BCUT2D eigenvalue weighted by Crippen LogP contribution is -2.29. The Kier molecular flexibility index (Phi) is 4.25. The van der Waals surface area contributed by atoms with E-state index in [-0.39, 0.29) is 0 Å². The first-order valence-corrected chi connectivity index (χ1v) is 7.31. The van der Waals surface area contributed by atoms with E-state index >= 15 is 0 Å².